The number of thioether (sulfide) groups is 1. The zero-order valence-electron chi connectivity index (χ0n) is 8.02. The van der Waals surface area contributed by atoms with Gasteiger partial charge >= 0.3 is 0 Å². The average molecular weight is 284 g/mol. The number of anilines is 1. The van der Waals surface area contributed by atoms with Crippen LogP contribution in [0.3, 0.4) is 0 Å². The number of nitrogens with zero attached hydrogens (tertiary/aromatic N) is 1. The first-order valence-electron chi connectivity index (χ1n) is 4.96. The first-order chi connectivity index (χ1) is 7.25. The number of rotatable bonds is 1. The Morgan fingerprint density at radius 2 is 2.33 bits per heavy atom. The monoisotopic (exact) mass is 283 g/mol. The number of halogens is 1. The summed E-state index contributed by atoms with van der Waals surface area (Å²) >= 11 is 5.24. The molecule has 0 saturated carbocycles. The Morgan fingerprint density at radius 1 is 1.47 bits per heavy atom. The lowest BCUT2D eigenvalue weighted by Gasteiger charge is -2.26. The van der Waals surface area contributed by atoms with E-state index in [1.165, 1.54) is 0 Å². The molecule has 2 nitrogen and oxygen atoms in total. The summed E-state index contributed by atoms with van der Waals surface area (Å²) in [7, 11) is 0. The molecule has 1 amide bonds. The first kappa shape index (κ1) is 9.73. The predicted molar refractivity (Wildman–Crippen MR) is 66.3 cm³/mol. The Hall–Kier alpha value is -0.480. The van der Waals surface area contributed by atoms with Crippen LogP contribution in [0.2, 0.25) is 0 Å². The number of carbonyl (C=O) groups is 1. The third kappa shape index (κ3) is 1.51. The molecule has 15 heavy (non-hydrogen) atoms. The van der Waals surface area contributed by atoms with Crippen molar-refractivity contribution in [3.8, 4) is 0 Å². The minimum atomic E-state index is 0.217. The van der Waals surface area contributed by atoms with Crippen molar-refractivity contribution in [2.75, 3.05) is 10.7 Å². The molecule has 78 valence electrons. The second-order valence-electron chi connectivity index (χ2n) is 3.90. The number of fused-ring (bicyclic) bond motifs is 2. The molecule has 2 aliphatic heterocycles. The predicted octanol–water partition coefficient (Wildman–Crippen LogP) is 2.67. The van der Waals surface area contributed by atoms with Gasteiger partial charge in [0.2, 0.25) is 5.91 Å². The third-order valence-electron chi connectivity index (χ3n) is 2.94. The van der Waals surface area contributed by atoms with E-state index in [1.807, 2.05) is 29.2 Å². The Labute approximate surface area is 101 Å². The van der Waals surface area contributed by atoms with Crippen LogP contribution in [-0.2, 0) is 4.79 Å². The number of hydrogen-bond acceptors (Lipinski definition) is 2. The minimum absolute atomic E-state index is 0.217. The highest BCUT2D eigenvalue weighted by Gasteiger charge is 2.45. The summed E-state index contributed by atoms with van der Waals surface area (Å²) in [5.41, 5.74) is 1.03. The topological polar surface area (TPSA) is 20.3 Å². The molecule has 2 atom stereocenters. The quantitative estimate of drug-likeness (QED) is 0.790. The van der Waals surface area contributed by atoms with Gasteiger partial charge in [-0.05, 0) is 24.6 Å². The highest BCUT2D eigenvalue weighted by molar-refractivity contribution is 9.10. The summed E-state index contributed by atoms with van der Waals surface area (Å²) in [6.45, 7) is 0. The molecule has 0 radical (unpaired) electrons. The standard InChI is InChI=1S/C11H10BrNOS/c12-7-2-1-3-8(4-7)13-9-5-10(11(13)14)15-6-9/h1-4,9-10H,5-6H2. The van der Waals surface area contributed by atoms with E-state index in [0.717, 1.165) is 22.3 Å². The normalized spacial score (nSPS) is 28.9. The van der Waals surface area contributed by atoms with Gasteiger partial charge in [-0.15, -0.1) is 11.8 Å². The summed E-state index contributed by atoms with van der Waals surface area (Å²) in [5.74, 6) is 1.37. The Kier molecular flexibility index (Phi) is 2.29. The van der Waals surface area contributed by atoms with Gasteiger partial charge in [0.1, 0.15) is 0 Å². The molecule has 2 heterocycles. The van der Waals surface area contributed by atoms with Crippen LogP contribution in [-0.4, -0.2) is 23.0 Å². The van der Waals surface area contributed by atoms with Crippen molar-refractivity contribution in [3.63, 3.8) is 0 Å². The fraction of sp³-hybridized carbons (Fsp3) is 0.364. The molecule has 0 aromatic heterocycles. The van der Waals surface area contributed by atoms with Gasteiger partial charge in [-0.25, -0.2) is 0 Å². The summed E-state index contributed by atoms with van der Waals surface area (Å²) in [5, 5.41) is 0.217. The molecule has 0 spiro atoms. The second kappa shape index (κ2) is 3.52. The van der Waals surface area contributed by atoms with Crippen LogP contribution in [0.1, 0.15) is 6.42 Å². The largest absolute Gasteiger partial charge is 0.307 e. The number of hydrogen-bond donors (Lipinski definition) is 0. The average Bonchev–Trinajstić information content (AvgIpc) is 2.77. The molecule has 1 aromatic rings. The molecule has 2 unspecified atom stereocenters. The summed E-state index contributed by atoms with van der Waals surface area (Å²) < 4.78 is 1.03. The van der Waals surface area contributed by atoms with Gasteiger partial charge in [-0.1, -0.05) is 22.0 Å². The molecule has 2 bridgehead atoms. The molecule has 2 aliphatic rings. The summed E-state index contributed by atoms with van der Waals surface area (Å²) in [4.78, 5) is 13.9. The van der Waals surface area contributed by atoms with E-state index in [2.05, 4.69) is 15.9 Å². The highest BCUT2D eigenvalue weighted by atomic mass is 79.9. The zero-order chi connectivity index (χ0) is 10.4. The molecule has 3 rings (SSSR count). The van der Waals surface area contributed by atoms with E-state index in [0.29, 0.717) is 6.04 Å². The Balaban J connectivity index is 1.98. The maximum absolute atomic E-state index is 12.0. The van der Waals surface area contributed by atoms with Crippen LogP contribution in [0.4, 0.5) is 5.69 Å². The van der Waals surface area contributed by atoms with Gasteiger partial charge < -0.3 is 4.90 Å². The lowest BCUT2D eigenvalue weighted by molar-refractivity contribution is -0.116. The molecule has 2 saturated heterocycles. The molecule has 1 aromatic carbocycles. The van der Waals surface area contributed by atoms with E-state index in [4.69, 9.17) is 0 Å². The second-order valence-corrected chi connectivity index (χ2v) is 6.05. The van der Waals surface area contributed by atoms with Gasteiger partial charge in [0.25, 0.3) is 0 Å². The van der Waals surface area contributed by atoms with Gasteiger partial charge in [0.15, 0.2) is 0 Å². The first-order valence-corrected chi connectivity index (χ1v) is 6.80. The lowest BCUT2D eigenvalue weighted by atomic mass is 10.2. The lowest BCUT2D eigenvalue weighted by Crippen LogP contribution is -2.38. The fourth-order valence-corrected chi connectivity index (χ4v) is 4.00. The molecule has 2 fully saturated rings. The van der Waals surface area contributed by atoms with Crippen LogP contribution < -0.4 is 4.90 Å². The fourth-order valence-electron chi connectivity index (χ4n) is 2.26. The number of benzene rings is 1. The van der Waals surface area contributed by atoms with E-state index in [1.54, 1.807) is 11.8 Å². The van der Waals surface area contributed by atoms with E-state index >= 15 is 0 Å². The van der Waals surface area contributed by atoms with Crippen LogP contribution in [0.15, 0.2) is 28.7 Å². The van der Waals surface area contributed by atoms with Crippen molar-refractivity contribution >= 4 is 39.3 Å². The van der Waals surface area contributed by atoms with Crippen molar-refractivity contribution in [1.29, 1.82) is 0 Å². The molecule has 0 N–H and O–H groups in total. The van der Waals surface area contributed by atoms with Crippen LogP contribution in [0.5, 0.6) is 0 Å². The third-order valence-corrected chi connectivity index (χ3v) is 4.81. The van der Waals surface area contributed by atoms with Crippen LogP contribution in [0.25, 0.3) is 0 Å². The van der Waals surface area contributed by atoms with E-state index in [9.17, 15) is 4.79 Å². The van der Waals surface area contributed by atoms with Gasteiger partial charge in [-0.2, -0.15) is 0 Å². The van der Waals surface area contributed by atoms with Crippen LogP contribution in [0, 0.1) is 0 Å². The highest BCUT2D eigenvalue weighted by Crippen LogP contribution is 2.41. The van der Waals surface area contributed by atoms with Crippen LogP contribution >= 0.6 is 27.7 Å². The molecule has 0 aliphatic carbocycles. The smallest absolute Gasteiger partial charge is 0.240 e. The maximum atomic E-state index is 12.0. The molecular weight excluding hydrogens is 274 g/mol. The van der Waals surface area contributed by atoms with Gasteiger partial charge in [-0.3, -0.25) is 4.79 Å². The Morgan fingerprint density at radius 3 is 3.00 bits per heavy atom. The SMILES string of the molecule is O=C1C2CC(CS2)N1c1cccc(Br)c1. The Bertz CT molecular complexity index is 423. The summed E-state index contributed by atoms with van der Waals surface area (Å²) in [6.07, 6.45) is 1.02. The minimum Gasteiger partial charge on any atom is -0.307 e. The van der Waals surface area contributed by atoms with Crippen molar-refractivity contribution in [3.05, 3.63) is 28.7 Å². The number of carbonyl (C=O) groups excluding carboxylic acids is 1. The van der Waals surface area contributed by atoms with Gasteiger partial charge in [0, 0.05) is 22.0 Å². The van der Waals surface area contributed by atoms with Gasteiger partial charge in [0.05, 0.1) is 5.25 Å². The van der Waals surface area contributed by atoms with Crippen molar-refractivity contribution in [1.82, 2.24) is 0 Å². The maximum Gasteiger partial charge on any atom is 0.240 e. The summed E-state index contributed by atoms with van der Waals surface area (Å²) in [6, 6.07) is 8.40. The zero-order valence-corrected chi connectivity index (χ0v) is 10.4. The van der Waals surface area contributed by atoms with Crippen molar-refractivity contribution in [2.45, 2.75) is 17.7 Å². The van der Waals surface area contributed by atoms with Crippen molar-refractivity contribution < 1.29 is 4.79 Å². The van der Waals surface area contributed by atoms with E-state index in [-0.39, 0.29) is 11.2 Å². The molecular formula is C11H10BrNOS. The number of amides is 1. The van der Waals surface area contributed by atoms with Crippen molar-refractivity contribution in [2.24, 2.45) is 0 Å². The molecule has 4 heteroatoms. The van der Waals surface area contributed by atoms with E-state index < -0.39 is 0 Å².